The summed E-state index contributed by atoms with van der Waals surface area (Å²) >= 11 is 0. The molecule has 0 bridgehead atoms. The number of hydrogen-bond donors (Lipinski definition) is 2. The van der Waals surface area contributed by atoms with E-state index < -0.39 is 46.9 Å². The van der Waals surface area contributed by atoms with E-state index in [2.05, 4.69) is 0 Å². The second-order valence-electron chi connectivity index (χ2n) is 10.8. The number of ketones is 2. The standard InChI is InChI=1S/C29H31NO8/c1-15-13-21(32)20-14-19-16(7-8-18-24(19)28(37)30(27(18)36)10-9-23(33)34)25(29(20,2)26(15)35)17-5-3-4-6-22(17)38-12-11-31/h3-7,13,18-20,24-25,31H,8-12,14H2,1-2H3,(H,33,34)/t18-,19+,20-,24-,25+,29+/m0/s1. The fourth-order valence-corrected chi connectivity index (χ4v) is 7.24. The van der Waals surface area contributed by atoms with Gasteiger partial charge < -0.3 is 14.9 Å². The van der Waals surface area contributed by atoms with Crippen molar-refractivity contribution in [2.24, 2.45) is 29.1 Å². The summed E-state index contributed by atoms with van der Waals surface area (Å²) in [7, 11) is 0. The lowest BCUT2D eigenvalue weighted by atomic mass is 9.47. The van der Waals surface area contributed by atoms with E-state index in [1.807, 2.05) is 25.1 Å². The van der Waals surface area contributed by atoms with E-state index in [1.54, 1.807) is 19.1 Å². The first-order chi connectivity index (χ1) is 18.1. The predicted molar refractivity (Wildman–Crippen MR) is 134 cm³/mol. The van der Waals surface area contributed by atoms with Gasteiger partial charge in [0.15, 0.2) is 11.6 Å². The molecule has 2 N–H and O–H groups in total. The van der Waals surface area contributed by atoms with Crippen LogP contribution in [-0.2, 0) is 24.0 Å². The Bertz CT molecular complexity index is 1290. The van der Waals surface area contributed by atoms with E-state index in [1.165, 1.54) is 6.08 Å². The van der Waals surface area contributed by atoms with Gasteiger partial charge in [-0.1, -0.05) is 36.8 Å². The van der Waals surface area contributed by atoms with Crippen LogP contribution in [-0.4, -0.2) is 64.2 Å². The maximum Gasteiger partial charge on any atom is 0.305 e. The molecule has 6 atom stereocenters. The van der Waals surface area contributed by atoms with E-state index in [-0.39, 0.29) is 50.1 Å². The van der Waals surface area contributed by atoms with Gasteiger partial charge in [-0.15, -0.1) is 0 Å². The molecule has 200 valence electrons. The van der Waals surface area contributed by atoms with Gasteiger partial charge in [-0.05, 0) is 43.4 Å². The number of carbonyl (C=O) groups is 5. The van der Waals surface area contributed by atoms with Crippen molar-refractivity contribution in [3.63, 3.8) is 0 Å². The smallest absolute Gasteiger partial charge is 0.305 e. The number of likely N-dealkylation sites (tertiary alicyclic amines) is 1. The van der Waals surface area contributed by atoms with Gasteiger partial charge in [0.1, 0.15) is 12.4 Å². The fourth-order valence-electron chi connectivity index (χ4n) is 7.24. The van der Waals surface area contributed by atoms with E-state index in [0.29, 0.717) is 23.3 Å². The SMILES string of the molecule is CC1=CC(=O)[C@@H]2C[C@@H]3C(=CC[C@@H]4C(=O)N(CCC(=O)O)C(=O)[C@@H]43)[C@H](c3ccccc3OCCO)[C@]2(C)C1=O. The molecule has 9 nitrogen and oxygen atoms in total. The van der Waals surface area contributed by atoms with E-state index in [4.69, 9.17) is 9.84 Å². The number of rotatable bonds is 7. The van der Waals surface area contributed by atoms with Gasteiger partial charge in [-0.25, -0.2) is 0 Å². The molecule has 0 radical (unpaired) electrons. The number of fused-ring (bicyclic) bond motifs is 4. The molecule has 5 rings (SSSR count). The van der Waals surface area contributed by atoms with Crippen molar-refractivity contribution >= 4 is 29.4 Å². The monoisotopic (exact) mass is 521 g/mol. The van der Waals surface area contributed by atoms with Crippen molar-refractivity contribution < 1.29 is 38.9 Å². The molecule has 2 amide bonds. The Morgan fingerprint density at radius 3 is 2.58 bits per heavy atom. The Morgan fingerprint density at radius 1 is 1.13 bits per heavy atom. The van der Waals surface area contributed by atoms with E-state index in [9.17, 15) is 29.1 Å². The molecular formula is C29H31NO8. The zero-order chi connectivity index (χ0) is 27.4. The molecule has 9 heteroatoms. The molecule has 2 fully saturated rings. The lowest BCUT2D eigenvalue weighted by molar-refractivity contribution is -0.143. The first-order valence-electron chi connectivity index (χ1n) is 13.0. The van der Waals surface area contributed by atoms with E-state index in [0.717, 1.165) is 10.5 Å². The van der Waals surface area contributed by atoms with Crippen LogP contribution in [0.1, 0.15) is 44.6 Å². The van der Waals surface area contributed by atoms with Crippen LogP contribution >= 0.6 is 0 Å². The van der Waals surface area contributed by atoms with Crippen molar-refractivity contribution in [3.05, 3.63) is 53.1 Å². The average Bonchev–Trinajstić information content (AvgIpc) is 3.13. The number of benzene rings is 1. The van der Waals surface area contributed by atoms with Gasteiger partial charge in [-0.3, -0.25) is 28.9 Å². The third kappa shape index (κ3) is 3.83. The zero-order valence-corrected chi connectivity index (χ0v) is 21.4. The van der Waals surface area contributed by atoms with Gasteiger partial charge in [0, 0.05) is 23.9 Å². The average molecular weight is 522 g/mol. The van der Waals surface area contributed by atoms with Crippen LogP contribution in [0.5, 0.6) is 5.75 Å². The molecule has 1 saturated carbocycles. The molecule has 3 aliphatic carbocycles. The highest BCUT2D eigenvalue weighted by atomic mass is 16.5. The third-order valence-corrected chi connectivity index (χ3v) is 8.86. The Hall–Kier alpha value is -3.59. The number of carboxylic acid groups (broad SMARTS) is 1. The van der Waals surface area contributed by atoms with Crippen LogP contribution in [0.25, 0.3) is 0 Å². The number of aliphatic hydroxyl groups is 1. The maximum absolute atomic E-state index is 13.8. The van der Waals surface area contributed by atoms with E-state index >= 15 is 0 Å². The van der Waals surface area contributed by atoms with Crippen LogP contribution in [0.4, 0.5) is 0 Å². The topological polar surface area (TPSA) is 138 Å². The Morgan fingerprint density at radius 2 is 1.87 bits per heavy atom. The molecular weight excluding hydrogens is 490 g/mol. The van der Waals surface area contributed by atoms with Crippen molar-refractivity contribution in [1.29, 1.82) is 0 Å². The molecule has 1 saturated heterocycles. The molecule has 4 aliphatic rings. The van der Waals surface area contributed by atoms with Crippen molar-refractivity contribution in [2.45, 2.75) is 39.0 Å². The summed E-state index contributed by atoms with van der Waals surface area (Å²) in [6, 6.07) is 7.22. The molecule has 1 aromatic rings. The summed E-state index contributed by atoms with van der Waals surface area (Å²) in [5, 5.41) is 18.5. The minimum atomic E-state index is -1.13. The minimum absolute atomic E-state index is 0.0500. The first-order valence-corrected chi connectivity index (χ1v) is 13.0. The normalized spacial score (nSPS) is 32.3. The minimum Gasteiger partial charge on any atom is -0.491 e. The second kappa shape index (κ2) is 9.62. The van der Waals surface area contributed by atoms with Crippen LogP contribution in [0.15, 0.2) is 47.6 Å². The van der Waals surface area contributed by atoms with Crippen LogP contribution in [0.2, 0.25) is 0 Å². The Kier molecular flexibility index (Phi) is 6.59. The van der Waals surface area contributed by atoms with Crippen molar-refractivity contribution in [2.75, 3.05) is 19.8 Å². The number of aliphatic hydroxyl groups excluding tert-OH is 1. The lowest BCUT2D eigenvalue weighted by Crippen LogP contribution is -2.54. The number of imide groups is 1. The van der Waals surface area contributed by atoms with Crippen LogP contribution in [0.3, 0.4) is 0 Å². The van der Waals surface area contributed by atoms with Gasteiger partial charge >= 0.3 is 5.97 Å². The Labute approximate surface area is 220 Å². The van der Waals surface area contributed by atoms with Crippen molar-refractivity contribution in [1.82, 2.24) is 4.90 Å². The molecule has 1 aliphatic heterocycles. The first kappa shape index (κ1) is 26.0. The number of aliphatic carboxylic acids is 1. The highest BCUT2D eigenvalue weighted by Crippen LogP contribution is 2.63. The zero-order valence-electron chi connectivity index (χ0n) is 21.4. The van der Waals surface area contributed by atoms with Gasteiger partial charge in [0.2, 0.25) is 11.8 Å². The number of ether oxygens (including phenoxy) is 1. The van der Waals surface area contributed by atoms with Crippen LogP contribution < -0.4 is 4.74 Å². The van der Waals surface area contributed by atoms with Crippen LogP contribution in [0, 0.1) is 29.1 Å². The molecule has 0 spiro atoms. The quantitative estimate of drug-likeness (QED) is 0.412. The maximum atomic E-state index is 13.8. The second-order valence-corrected chi connectivity index (χ2v) is 10.8. The summed E-state index contributed by atoms with van der Waals surface area (Å²) in [5.41, 5.74) is 0.783. The summed E-state index contributed by atoms with van der Waals surface area (Å²) in [6.45, 7) is 3.11. The highest BCUT2D eigenvalue weighted by Gasteiger charge is 2.63. The van der Waals surface area contributed by atoms with Gasteiger partial charge in [0.05, 0.1) is 30.3 Å². The fraction of sp³-hybridized carbons (Fsp3) is 0.483. The summed E-state index contributed by atoms with van der Waals surface area (Å²) < 4.78 is 5.86. The molecule has 1 aromatic carbocycles. The largest absolute Gasteiger partial charge is 0.491 e. The summed E-state index contributed by atoms with van der Waals surface area (Å²) in [4.78, 5) is 66.2. The number of allylic oxidation sites excluding steroid dienone is 4. The number of nitrogens with zero attached hydrogens (tertiary/aromatic N) is 1. The van der Waals surface area contributed by atoms with Gasteiger partial charge in [-0.2, -0.15) is 0 Å². The lowest BCUT2D eigenvalue weighted by Gasteiger charge is -2.53. The number of carbonyl (C=O) groups excluding carboxylic acids is 4. The molecule has 0 unspecified atom stereocenters. The molecule has 38 heavy (non-hydrogen) atoms. The van der Waals surface area contributed by atoms with Gasteiger partial charge in [0.25, 0.3) is 0 Å². The number of amides is 2. The number of Topliss-reactive ketones (excluding diaryl/α,β-unsaturated/α-hetero) is 1. The number of hydrogen-bond acceptors (Lipinski definition) is 7. The summed E-state index contributed by atoms with van der Waals surface area (Å²) in [6.07, 6.45) is 3.53. The highest BCUT2D eigenvalue weighted by molar-refractivity contribution is 6.13. The third-order valence-electron chi connectivity index (χ3n) is 8.86. The number of carboxylic acids is 1. The summed E-state index contributed by atoms with van der Waals surface area (Å²) in [5.74, 6) is -4.81. The Balaban J connectivity index is 1.64. The predicted octanol–water partition coefficient (Wildman–Crippen LogP) is 2.29. The molecule has 1 heterocycles. The number of para-hydroxylation sites is 1. The molecule has 0 aromatic heterocycles. The van der Waals surface area contributed by atoms with Crippen molar-refractivity contribution in [3.8, 4) is 5.75 Å².